The van der Waals surface area contributed by atoms with Crippen molar-refractivity contribution in [1.82, 2.24) is 9.88 Å². The maximum atomic E-state index is 13.0. The lowest BCUT2D eigenvalue weighted by Gasteiger charge is -2.40. The molecular weight excluding hydrogens is 482 g/mol. The topological polar surface area (TPSA) is 74.5 Å². The number of anilines is 3. The molecule has 2 saturated heterocycles. The molecule has 0 radical (unpaired) electrons. The molecule has 0 bridgehead atoms. The highest BCUT2D eigenvalue weighted by Crippen LogP contribution is 2.41. The van der Waals surface area contributed by atoms with Crippen LogP contribution in [0.2, 0.25) is 0 Å². The van der Waals surface area contributed by atoms with E-state index in [1.807, 2.05) is 60.7 Å². The molecule has 0 unspecified atom stereocenters. The predicted octanol–water partition coefficient (Wildman–Crippen LogP) is 6.08. The van der Waals surface area contributed by atoms with Crippen molar-refractivity contribution in [3.63, 3.8) is 0 Å². The standard InChI is InChI=1S/C33H35N5O/c34-29-13-11-27(26-9-5-2-6-10-26)21-30(29)36-32(39)28-12-14-31(35-22-28)38-19-16-33(17-20-38)15-18-37(24-33)23-25-7-3-1-4-8-25/h1-14,21-22H,15-20,23-24,34H2,(H,36,39). The van der Waals surface area contributed by atoms with Gasteiger partial charge in [0.1, 0.15) is 5.82 Å². The zero-order chi connectivity index (χ0) is 26.7. The molecule has 3 heterocycles. The molecule has 1 spiro atoms. The Hall–Kier alpha value is -4.16. The average Bonchev–Trinajstić information content (AvgIpc) is 3.37. The quantitative estimate of drug-likeness (QED) is 0.304. The van der Waals surface area contributed by atoms with Gasteiger partial charge in [-0.05, 0) is 72.2 Å². The highest BCUT2D eigenvalue weighted by atomic mass is 16.1. The monoisotopic (exact) mass is 517 g/mol. The molecule has 1 amide bonds. The van der Waals surface area contributed by atoms with Crippen molar-refractivity contribution < 1.29 is 4.79 Å². The van der Waals surface area contributed by atoms with E-state index in [1.165, 1.54) is 37.9 Å². The van der Waals surface area contributed by atoms with Crippen LogP contribution in [0, 0.1) is 5.41 Å². The normalized spacial score (nSPS) is 16.9. The lowest BCUT2D eigenvalue weighted by atomic mass is 9.78. The summed E-state index contributed by atoms with van der Waals surface area (Å²) in [6.07, 6.45) is 5.30. The van der Waals surface area contributed by atoms with Crippen molar-refractivity contribution >= 4 is 23.1 Å². The minimum Gasteiger partial charge on any atom is -0.397 e. The largest absolute Gasteiger partial charge is 0.397 e. The molecule has 6 heteroatoms. The summed E-state index contributed by atoms with van der Waals surface area (Å²) in [4.78, 5) is 22.6. The first-order valence-electron chi connectivity index (χ1n) is 13.8. The molecule has 3 aromatic carbocycles. The van der Waals surface area contributed by atoms with Crippen LogP contribution >= 0.6 is 0 Å². The SMILES string of the molecule is Nc1ccc(-c2ccccc2)cc1NC(=O)c1ccc(N2CCC3(CCN(Cc4ccccc4)C3)CC2)nc1. The average molecular weight is 518 g/mol. The van der Waals surface area contributed by atoms with Gasteiger partial charge in [0.2, 0.25) is 0 Å². The number of amides is 1. The first kappa shape index (κ1) is 25.1. The van der Waals surface area contributed by atoms with Crippen LogP contribution < -0.4 is 16.0 Å². The van der Waals surface area contributed by atoms with E-state index in [0.29, 0.717) is 22.4 Å². The third-order valence-corrected chi connectivity index (χ3v) is 8.33. The van der Waals surface area contributed by atoms with Crippen LogP contribution in [0.5, 0.6) is 0 Å². The van der Waals surface area contributed by atoms with Crippen molar-refractivity contribution in [1.29, 1.82) is 0 Å². The summed E-state index contributed by atoms with van der Waals surface area (Å²) in [5.41, 5.74) is 11.7. The van der Waals surface area contributed by atoms with Crippen molar-refractivity contribution in [2.45, 2.75) is 25.8 Å². The molecule has 0 atom stereocenters. The zero-order valence-corrected chi connectivity index (χ0v) is 22.2. The summed E-state index contributed by atoms with van der Waals surface area (Å²) in [5.74, 6) is 0.721. The number of nitrogens with zero attached hydrogens (tertiary/aromatic N) is 3. The summed E-state index contributed by atoms with van der Waals surface area (Å²) < 4.78 is 0. The van der Waals surface area contributed by atoms with Crippen molar-refractivity contribution in [2.75, 3.05) is 42.1 Å². The molecule has 198 valence electrons. The van der Waals surface area contributed by atoms with Gasteiger partial charge in [-0.15, -0.1) is 0 Å². The molecule has 6 rings (SSSR count). The number of nitrogens with one attached hydrogen (secondary N) is 1. The number of aromatic nitrogens is 1. The number of nitrogen functional groups attached to an aromatic ring is 1. The van der Waals surface area contributed by atoms with Gasteiger partial charge in [0.25, 0.3) is 5.91 Å². The van der Waals surface area contributed by atoms with Gasteiger partial charge in [-0.3, -0.25) is 9.69 Å². The molecule has 6 nitrogen and oxygen atoms in total. The van der Waals surface area contributed by atoms with Gasteiger partial charge in [0, 0.05) is 32.4 Å². The second-order valence-electron chi connectivity index (χ2n) is 11.0. The fourth-order valence-electron chi connectivity index (χ4n) is 6.00. The molecule has 1 aromatic heterocycles. The van der Waals surface area contributed by atoms with Gasteiger partial charge >= 0.3 is 0 Å². The smallest absolute Gasteiger partial charge is 0.257 e. The van der Waals surface area contributed by atoms with E-state index in [9.17, 15) is 4.79 Å². The number of rotatable bonds is 6. The number of piperidine rings is 1. The Morgan fingerprint density at radius 1 is 0.846 bits per heavy atom. The van der Waals surface area contributed by atoms with Crippen LogP contribution in [0.15, 0.2) is 97.2 Å². The van der Waals surface area contributed by atoms with E-state index < -0.39 is 0 Å². The van der Waals surface area contributed by atoms with Gasteiger partial charge in [0.15, 0.2) is 0 Å². The number of nitrogens with two attached hydrogens (primary N) is 1. The van der Waals surface area contributed by atoms with Crippen LogP contribution in [-0.2, 0) is 6.54 Å². The van der Waals surface area contributed by atoms with Gasteiger partial charge in [-0.25, -0.2) is 4.98 Å². The number of carbonyl (C=O) groups is 1. The Kier molecular flexibility index (Phi) is 7.03. The maximum absolute atomic E-state index is 13.0. The van der Waals surface area contributed by atoms with E-state index >= 15 is 0 Å². The minimum atomic E-state index is -0.215. The molecule has 2 aliphatic heterocycles. The Balaban J connectivity index is 1.05. The first-order chi connectivity index (χ1) is 19.1. The zero-order valence-electron chi connectivity index (χ0n) is 22.2. The third-order valence-electron chi connectivity index (χ3n) is 8.33. The Bertz CT molecular complexity index is 1410. The summed E-state index contributed by atoms with van der Waals surface area (Å²) >= 11 is 0. The molecule has 4 aromatic rings. The maximum Gasteiger partial charge on any atom is 0.257 e. The molecule has 0 saturated carbocycles. The molecule has 2 aliphatic rings. The summed E-state index contributed by atoms with van der Waals surface area (Å²) in [6, 6.07) is 30.4. The fraction of sp³-hybridized carbons (Fsp3) is 0.273. The van der Waals surface area contributed by atoms with Crippen molar-refractivity contribution in [3.8, 4) is 11.1 Å². The molecular formula is C33H35N5O. The summed E-state index contributed by atoms with van der Waals surface area (Å²) in [5, 5.41) is 2.97. The number of hydrogen-bond donors (Lipinski definition) is 2. The van der Waals surface area contributed by atoms with Crippen LogP contribution in [0.4, 0.5) is 17.2 Å². The highest BCUT2D eigenvalue weighted by molar-refractivity contribution is 6.06. The van der Waals surface area contributed by atoms with E-state index in [1.54, 1.807) is 6.20 Å². The van der Waals surface area contributed by atoms with Gasteiger partial charge in [-0.2, -0.15) is 0 Å². The third kappa shape index (κ3) is 5.66. The molecule has 39 heavy (non-hydrogen) atoms. The lowest BCUT2D eigenvalue weighted by Crippen LogP contribution is -2.42. The Labute approximate surface area is 230 Å². The first-order valence-corrected chi connectivity index (χ1v) is 13.8. The van der Waals surface area contributed by atoms with Gasteiger partial charge < -0.3 is 16.0 Å². The summed E-state index contributed by atoms with van der Waals surface area (Å²) in [7, 11) is 0. The van der Waals surface area contributed by atoms with Crippen molar-refractivity contribution in [2.24, 2.45) is 5.41 Å². The van der Waals surface area contributed by atoms with Crippen LogP contribution in [0.3, 0.4) is 0 Å². The van der Waals surface area contributed by atoms with E-state index in [4.69, 9.17) is 5.73 Å². The van der Waals surface area contributed by atoms with Crippen molar-refractivity contribution in [3.05, 3.63) is 108 Å². The molecule has 0 aliphatic carbocycles. The molecule has 2 fully saturated rings. The fourth-order valence-corrected chi connectivity index (χ4v) is 6.00. The summed E-state index contributed by atoms with van der Waals surface area (Å²) in [6.45, 7) is 5.40. The van der Waals surface area contributed by atoms with Gasteiger partial charge in [-0.1, -0.05) is 66.7 Å². The van der Waals surface area contributed by atoms with Gasteiger partial charge in [0.05, 0.1) is 16.9 Å². The van der Waals surface area contributed by atoms with E-state index in [0.717, 1.165) is 36.6 Å². The Morgan fingerprint density at radius 3 is 2.28 bits per heavy atom. The lowest BCUT2D eigenvalue weighted by molar-refractivity contribution is 0.102. The highest BCUT2D eigenvalue weighted by Gasteiger charge is 2.40. The number of pyridine rings is 1. The van der Waals surface area contributed by atoms with Crippen LogP contribution in [0.1, 0.15) is 35.2 Å². The van der Waals surface area contributed by atoms with Crippen LogP contribution in [-0.4, -0.2) is 42.0 Å². The second-order valence-corrected chi connectivity index (χ2v) is 11.0. The second kappa shape index (κ2) is 10.9. The number of carbonyl (C=O) groups excluding carboxylic acids is 1. The van der Waals surface area contributed by atoms with E-state index in [-0.39, 0.29) is 5.91 Å². The Morgan fingerprint density at radius 2 is 1.56 bits per heavy atom. The van der Waals surface area contributed by atoms with Crippen LogP contribution in [0.25, 0.3) is 11.1 Å². The number of hydrogen-bond acceptors (Lipinski definition) is 5. The van der Waals surface area contributed by atoms with E-state index in [2.05, 4.69) is 50.4 Å². The number of benzene rings is 3. The molecule has 3 N–H and O–H groups in total. The predicted molar refractivity (Wildman–Crippen MR) is 159 cm³/mol. The number of likely N-dealkylation sites (tertiary alicyclic amines) is 1. The minimum absolute atomic E-state index is 0.215.